The number of hydrogen-bond acceptors (Lipinski definition) is 3. The third kappa shape index (κ3) is 4.06. The summed E-state index contributed by atoms with van der Waals surface area (Å²) in [4.78, 5) is 9.93. The summed E-state index contributed by atoms with van der Waals surface area (Å²) in [6.45, 7) is 1.21. The SMILES string of the molecule is Cc1cc([N+](=O)[O-])cc(Cl)c1NCCC(F)(F)F. The minimum atomic E-state index is -4.26. The molecule has 0 atom stereocenters. The molecule has 0 aliphatic rings. The predicted octanol–water partition coefficient (Wildman–Crippen LogP) is 3.92. The molecular weight excluding hydrogens is 273 g/mol. The molecule has 0 fully saturated rings. The Kier molecular flexibility index (Phi) is 4.39. The van der Waals surface area contributed by atoms with Crippen LogP contribution >= 0.6 is 11.6 Å². The van der Waals surface area contributed by atoms with E-state index in [0.29, 0.717) is 5.56 Å². The van der Waals surface area contributed by atoms with Gasteiger partial charge < -0.3 is 5.32 Å². The standard InChI is InChI=1S/C10H10ClF3N2O2/c1-6-4-7(16(17)18)5-8(11)9(6)15-3-2-10(12,13)14/h4-5,15H,2-3H2,1H3. The van der Waals surface area contributed by atoms with Crippen LogP contribution in [0.1, 0.15) is 12.0 Å². The van der Waals surface area contributed by atoms with Crippen LogP contribution in [0.3, 0.4) is 0 Å². The van der Waals surface area contributed by atoms with Crippen LogP contribution in [0.25, 0.3) is 0 Å². The summed E-state index contributed by atoms with van der Waals surface area (Å²) in [7, 11) is 0. The summed E-state index contributed by atoms with van der Waals surface area (Å²) < 4.78 is 35.9. The number of alkyl halides is 3. The molecule has 0 saturated heterocycles. The van der Waals surface area contributed by atoms with Gasteiger partial charge in [0.25, 0.3) is 5.69 Å². The van der Waals surface area contributed by atoms with Gasteiger partial charge in [0.1, 0.15) is 0 Å². The van der Waals surface area contributed by atoms with Gasteiger partial charge >= 0.3 is 6.18 Å². The molecule has 1 aromatic carbocycles. The van der Waals surface area contributed by atoms with Crippen molar-refractivity contribution in [3.8, 4) is 0 Å². The molecule has 18 heavy (non-hydrogen) atoms. The summed E-state index contributed by atoms with van der Waals surface area (Å²) in [5, 5.41) is 13.1. The molecule has 0 aromatic heterocycles. The first kappa shape index (κ1) is 14.6. The van der Waals surface area contributed by atoms with E-state index in [1.54, 1.807) is 0 Å². The molecule has 0 unspecified atom stereocenters. The van der Waals surface area contributed by atoms with E-state index < -0.39 is 17.5 Å². The highest BCUT2D eigenvalue weighted by atomic mass is 35.5. The van der Waals surface area contributed by atoms with Gasteiger partial charge in [0, 0.05) is 18.7 Å². The van der Waals surface area contributed by atoms with E-state index in [9.17, 15) is 23.3 Å². The summed E-state index contributed by atoms with van der Waals surface area (Å²) in [6, 6.07) is 2.35. The number of nitro benzene ring substituents is 1. The van der Waals surface area contributed by atoms with E-state index in [2.05, 4.69) is 5.32 Å². The quantitative estimate of drug-likeness (QED) is 0.672. The zero-order valence-electron chi connectivity index (χ0n) is 9.34. The molecule has 1 aromatic rings. The highest BCUT2D eigenvalue weighted by molar-refractivity contribution is 6.33. The molecule has 0 amide bonds. The van der Waals surface area contributed by atoms with Gasteiger partial charge in [-0.1, -0.05) is 11.6 Å². The number of non-ortho nitro benzene ring substituents is 1. The molecule has 1 rings (SSSR count). The summed E-state index contributed by atoms with van der Waals surface area (Å²) in [5.41, 5.74) is 0.516. The van der Waals surface area contributed by atoms with E-state index in [-0.39, 0.29) is 22.9 Å². The van der Waals surface area contributed by atoms with Crippen molar-refractivity contribution >= 4 is 23.0 Å². The first-order chi connectivity index (χ1) is 8.20. The van der Waals surface area contributed by atoms with E-state index in [1.807, 2.05) is 0 Å². The highest BCUT2D eigenvalue weighted by Crippen LogP contribution is 2.31. The second-order valence-electron chi connectivity index (χ2n) is 3.67. The van der Waals surface area contributed by atoms with Crippen LogP contribution in [-0.4, -0.2) is 17.6 Å². The van der Waals surface area contributed by atoms with Crippen molar-refractivity contribution < 1.29 is 18.1 Å². The van der Waals surface area contributed by atoms with Crippen molar-refractivity contribution in [3.63, 3.8) is 0 Å². The fraction of sp³-hybridized carbons (Fsp3) is 0.400. The topological polar surface area (TPSA) is 55.2 Å². The van der Waals surface area contributed by atoms with Crippen molar-refractivity contribution in [1.82, 2.24) is 0 Å². The van der Waals surface area contributed by atoms with Crippen LogP contribution in [0.15, 0.2) is 12.1 Å². The van der Waals surface area contributed by atoms with Crippen molar-refractivity contribution in [2.75, 3.05) is 11.9 Å². The van der Waals surface area contributed by atoms with E-state index >= 15 is 0 Å². The van der Waals surface area contributed by atoms with Crippen LogP contribution < -0.4 is 5.32 Å². The first-order valence-electron chi connectivity index (χ1n) is 4.96. The maximum absolute atomic E-state index is 12.0. The van der Waals surface area contributed by atoms with Gasteiger partial charge in [-0.3, -0.25) is 10.1 Å². The van der Waals surface area contributed by atoms with Crippen molar-refractivity contribution in [1.29, 1.82) is 0 Å². The number of anilines is 1. The maximum atomic E-state index is 12.0. The van der Waals surface area contributed by atoms with E-state index in [4.69, 9.17) is 11.6 Å². The Bertz CT molecular complexity index is 440. The van der Waals surface area contributed by atoms with Crippen molar-refractivity contribution in [2.45, 2.75) is 19.5 Å². The minimum Gasteiger partial charge on any atom is -0.383 e. The Labute approximate surface area is 106 Å². The average Bonchev–Trinajstić information content (AvgIpc) is 2.20. The Morgan fingerprint density at radius 3 is 2.50 bits per heavy atom. The number of rotatable bonds is 4. The molecule has 0 spiro atoms. The lowest BCUT2D eigenvalue weighted by molar-refractivity contribution is -0.384. The highest BCUT2D eigenvalue weighted by Gasteiger charge is 2.26. The fourth-order valence-electron chi connectivity index (χ4n) is 1.38. The Morgan fingerprint density at radius 1 is 1.44 bits per heavy atom. The number of nitrogens with zero attached hydrogens (tertiary/aromatic N) is 1. The number of benzene rings is 1. The van der Waals surface area contributed by atoms with Crippen molar-refractivity contribution in [2.24, 2.45) is 0 Å². The molecule has 0 saturated carbocycles. The normalized spacial score (nSPS) is 11.4. The monoisotopic (exact) mass is 282 g/mol. The molecule has 0 aliphatic carbocycles. The molecule has 100 valence electrons. The van der Waals surface area contributed by atoms with Crippen LogP contribution in [0.4, 0.5) is 24.5 Å². The Balaban J connectivity index is 2.81. The average molecular weight is 283 g/mol. The smallest absolute Gasteiger partial charge is 0.383 e. The molecule has 4 nitrogen and oxygen atoms in total. The molecule has 0 radical (unpaired) electrons. The predicted molar refractivity (Wildman–Crippen MR) is 62.0 cm³/mol. The van der Waals surface area contributed by atoms with Crippen molar-refractivity contribution in [3.05, 3.63) is 32.8 Å². The lowest BCUT2D eigenvalue weighted by atomic mass is 10.1. The molecule has 0 heterocycles. The number of hydrogen-bond donors (Lipinski definition) is 1. The fourth-order valence-corrected chi connectivity index (χ4v) is 1.71. The zero-order chi connectivity index (χ0) is 13.9. The maximum Gasteiger partial charge on any atom is 0.390 e. The lowest BCUT2D eigenvalue weighted by Gasteiger charge is -2.12. The second-order valence-corrected chi connectivity index (χ2v) is 4.08. The third-order valence-electron chi connectivity index (χ3n) is 2.19. The Morgan fingerprint density at radius 2 is 2.06 bits per heavy atom. The van der Waals surface area contributed by atoms with Gasteiger partial charge in [0.2, 0.25) is 0 Å². The number of aryl methyl sites for hydroxylation is 1. The third-order valence-corrected chi connectivity index (χ3v) is 2.49. The van der Waals surface area contributed by atoms with Crippen LogP contribution in [0.5, 0.6) is 0 Å². The van der Waals surface area contributed by atoms with Gasteiger partial charge in [-0.2, -0.15) is 13.2 Å². The molecule has 0 bridgehead atoms. The van der Waals surface area contributed by atoms with E-state index in [1.165, 1.54) is 13.0 Å². The van der Waals surface area contributed by atoms with Gasteiger partial charge in [0.05, 0.1) is 22.1 Å². The largest absolute Gasteiger partial charge is 0.390 e. The van der Waals surface area contributed by atoms with Gasteiger partial charge in [0.15, 0.2) is 0 Å². The number of halogens is 4. The molecular formula is C10H10ClF3N2O2. The van der Waals surface area contributed by atoms with Crippen LogP contribution in [-0.2, 0) is 0 Å². The van der Waals surface area contributed by atoms with Gasteiger partial charge in [-0.05, 0) is 12.5 Å². The van der Waals surface area contributed by atoms with E-state index in [0.717, 1.165) is 6.07 Å². The summed E-state index contributed by atoms with van der Waals surface area (Å²) >= 11 is 5.78. The van der Waals surface area contributed by atoms with Crippen LogP contribution in [0.2, 0.25) is 5.02 Å². The Hall–Kier alpha value is -1.50. The number of nitrogens with one attached hydrogen (secondary N) is 1. The molecule has 1 N–H and O–H groups in total. The summed E-state index contributed by atoms with van der Waals surface area (Å²) in [6.07, 6.45) is -5.26. The first-order valence-corrected chi connectivity index (χ1v) is 5.33. The lowest BCUT2D eigenvalue weighted by Crippen LogP contribution is -2.15. The number of nitro groups is 1. The second kappa shape index (κ2) is 5.43. The summed E-state index contributed by atoms with van der Waals surface area (Å²) in [5.74, 6) is 0. The molecule has 0 aliphatic heterocycles. The minimum absolute atomic E-state index is 0.0314. The van der Waals surface area contributed by atoms with Crippen LogP contribution in [0, 0.1) is 17.0 Å². The van der Waals surface area contributed by atoms with Gasteiger partial charge in [-0.15, -0.1) is 0 Å². The molecule has 8 heteroatoms. The van der Waals surface area contributed by atoms with Gasteiger partial charge in [-0.25, -0.2) is 0 Å². The zero-order valence-corrected chi connectivity index (χ0v) is 10.1.